The third-order valence-corrected chi connectivity index (χ3v) is 4.32. The molecule has 0 saturated carbocycles. The molecule has 0 unspecified atom stereocenters. The first-order valence-corrected chi connectivity index (χ1v) is 7.68. The van der Waals surface area contributed by atoms with Gasteiger partial charge in [0.15, 0.2) is 18.1 Å². The number of ether oxygens (including phenoxy) is 3. The zero-order chi connectivity index (χ0) is 16.0. The van der Waals surface area contributed by atoms with Gasteiger partial charge in [0.2, 0.25) is 6.79 Å². The van der Waals surface area contributed by atoms with Crippen LogP contribution in [0.25, 0.3) is 0 Å². The second-order valence-electron chi connectivity index (χ2n) is 5.18. The fraction of sp³-hybridized carbons (Fsp3) is 0.188. The maximum Gasteiger partial charge on any atom is 0.265 e. The molecule has 118 valence electrons. The first-order chi connectivity index (χ1) is 11.1. The summed E-state index contributed by atoms with van der Waals surface area (Å²) in [6.45, 7) is 0.450. The normalized spacial score (nSPS) is 15.4. The molecule has 0 aliphatic carbocycles. The summed E-state index contributed by atoms with van der Waals surface area (Å²) in [7, 11) is 0. The maximum absolute atomic E-state index is 12.3. The zero-order valence-corrected chi connectivity index (χ0v) is 13.4. The first-order valence-electron chi connectivity index (χ1n) is 6.92. The molecule has 0 saturated heterocycles. The molecule has 4 rings (SSSR count). The minimum Gasteiger partial charge on any atom is -0.482 e. The van der Waals surface area contributed by atoms with Gasteiger partial charge in [-0.05, 0) is 29.8 Å². The van der Waals surface area contributed by atoms with Gasteiger partial charge in [0.25, 0.3) is 5.91 Å². The molecule has 2 aromatic carbocycles. The van der Waals surface area contributed by atoms with Crippen LogP contribution in [0.1, 0.15) is 5.56 Å². The summed E-state index contributed by atoms with van der Waals surface area (Å²) in [6, 6.07) is 8.66. The molecule has 2 aliphatic rings. The summed E-state index contributed by atoms with van der Waals surface area (Å²) in [5.41, 5.74) is 1.39. The molecule has 2 heterocycles. The van der Waals surface area contributed by atoms with Crippen LogP contribution in [0.2, 0.25) is 10.0 Å². The van der Waals surface area contributed by atoms with Crippen LogP contribution in [0.3, 0.4) is 0 Å². The lowest BCUT2D eigenvalue weighted by Gasteiger charge is -2.29. The first kappa shape index (κ1) is 14.5. The lowest BCUT2D eigenvalue weighted by Crippen LogP contribution is -2.38. The van der Waals surface area contributed by atoms with Gasteiger partial charge in [0, 0.05) is 16.1 Å². The Hall–Kier alpha value is -2.11. The molecule has 5 nitrogen and oxygen atoms in total. The molecule has 0 bridgehead atoms. The summed E-state index contributed by atoms with van der Waals surface area (Å²) in [4.78, 5) is 13.9. The predicted octanol–water partition coefficient (Wildman–Crippen LogP) is 3.65. The second kappa shape index (κ2) is 5.51. The molecule has 0 aromatic heterocycles. The van der Waals surface area contributed by atoms with Gasteiger partial charge >= 0.3 is 0 Å². The van der Waals surface area contributed by atoms with Crippen molar-refractivity contribution < 1.29 is 19.0 Å². The minimum atomic E-state index is -0.159. The van der Waals surface area contributed by atoms with Gasteiger partial charge < -0.3 is 19.1 Å². The standard InChI is InChI=1S/C16H11Cl2NO4/c17-10-1-2-13-12(4-10)19(16(20)7-21-13)6-9-3-14-15(5-11(9)18)23-8-22-14/h1-5H,6-8H2. The molecular formula is C16H11Cl2NO4. The van der Waals surface area contributed by atoms with Gasteiger partial charge in [0.05, 0.1) is 12.2 Å². The van der Waals surface area contributed by atoms with Crippen molar-refractivity contribution in [3.05, 3.63) is 45.9 Å². The number of rotatable bonds is 2. The molecule has 0 spiro atoms. The highest BCUT2D eigenvalue weighted by Gasteiger charge is 2.27. The fourth-order valence-electron chi connectivity index (χ4n) is 2.60. The molecule has 0 atom stereocenters. The molecule has 2 aliphatic heterocycles. The van der Waals surface area contributed by atoms with Gasteiger partial charge in [-0.25, -0.2) is 0 Å². The number of anilines is 1. The van der Waals surface area contributed by atoms with E-state index in [0.29, 0.717) is 39.5 Å². The summed E-state index contributed by atoms with van der Waals surface area (Å²) < 4.78 is 16.1. The topological polar surface area (TPSA) is 48.0 Å². The number of amides is 1. The number of carbonyl (C=O) groups is 1. The van der Waals surface area contributed by atoms with Crippen molar-refractivity contribution in [3.8, 4) is 17.2 Å². The Balaban J connectivity index is 1.72. The lowest BCUT2D eigenvalue weighted by molar-refractivity contribution is -0.121. The quantitative estimate of drug-likeness (QED) is 0.828. The molecule has 7 heteroatoms. The van der Waals surface area contributed by atoms with Crippen LogP contribution in [-0.2, 0) is 11.3 Å². The highest BCUT2D eigenvalue weighted by molar-refractivity contribution is 6.32. The van der Waals surface area contributed by atoms with Crippen LogP contribution >= 0.6 is 23.2 Å². The van der Waals surface area contributed by atoms with Crippen LogP contribution in [-0.4, -0.2) is 19.3 Å². The molecular weight excluding hydrogens is 341 g/mol. The molecule has 0 radical (unpaired) electrons. The number of benzene rings is 2. The van der Waals surface area contributed by atoms with Crippen molar-refractivity contribution in [1.29, 1.82) is 0 Å². The van der Waals surface area contributed by atoms with E-state index < -0.39 is 0 Å². The van der Waals surface area contributed by atoms with E-state index in [1.807, 2.05) is 0 Å². The zero-order valence-electron chi connectivity index (χ0n) is 11.8. The number of halogens is 2. The average molecular weight is 352 g/mol. The van der Waals surface area contributed by atoms with E-state index in [4.69, 9.17) is 37.4 Å². The van der Waals surface area contributed by atoms with Crippen LogP contribution in [0, 0.1) is 0 Å². The third-order valence-electron chi connectivity index (χ3n) is 3.73. The largest absolute Gasteiger partial charge is 0.482 e. The van der Waals surface area contributed by atoms with Gasteiger partial charge in [-0.15, -0.1) is 0 Å². The van der Waals surface area contributed by atoms with Crippen molar-refractivity contribution in [1.82, 2.24) is 0 Å². The summed E-state index contributed by atoms with van der Waals surface area (Å²) in [6.07, 6.45) is 0. The van der Waals surface area contributed by atoms with Crippen molar-refractivity contribution in [3.63, 3.8) is 0 Å². The Kier molecular flexibility index (Phi) is 3.47. The third kappa shape index (κ3) is 2.56. The summed E-state index contributed by atoms with van der Waals surface area (Å²) in [5.74, 6) is 1.69. The number of fused-ring (bicyclic) bond motifs is 2. The Morgan fingerprint density at radius 1 is 1.00 bits per heavy atom. The van der Waals surface area contributed by atoms with Gasteiger partial charge in [-0.3, -0.25) is 4.79 Å². The van der Waals surface area contributed by atoms with E-state index in [0.717, 1.165) is 5.56 Å². The lowest BCUT2D eigenvalue weighted by atomic mass is 10.1. The van der Waals surface area contributed by atoms with Crippen LogP contribution < -0.4 is 19.1 Å². The predicted molar refractivity (Wildman–Crippen MR) is 85.7 cm³/mol. The van der Waals surface area contributed by atoms with Gasteiger partial charge in [-0.2, -0.15) is 0 Å². The van der Waals surface area contributed by atoms with E-state index in [-0.39, 0.29) is 19.3 Å². The van der Waals surface area contributed by atoms with Crippen molar-refractivity contribution in [2.45, 2.75) is 6.54 Å². The van der Waals surface area contributed by atoms with Crippen molar-refractivity contribution in [2.75, 3.05) is 18.3 Å². The van der Waals surface area contributed by atoms with Crippen LogP contribution in [0.4, 0.5) is 5.69 Å². The Bertz CT molecular complexity index is 809. The smallest absolute Gasteiger partial charge is 0.265 e. The summed E-state index contributed by atoms with van der Waals surface area (Å²) in [5, 5.41) is 1.04. The highest BCUT2D eigenvalue weighted by Crippen LogP contribution is 2.39. The molecule has 2 aromatic rings. The minimum absolute atomic E-state index is 0.0171. The van der Waals surface area contributed by atoms with Crippen LogP contribution in [0.5, 0.6) is 17.2 Å². The fourth-order valence-corrected chi connectivity index (χ4v) is 2.98. The van der Waals surface area contributed by atoms with Crippen LogP contribution in [0.15, 0.2) is 30.3 Å². The van der Waals surface area contributed by atoms with Crippen molar-refractivity contribution in [2.24, 2.45) is 0 Å². The monoisotopic (exact) mass is 351 g/mol. The highest BCUT2D eigenvalue weighted by atomic mass is 35.5. The van der Waals surface area contributed by atoms with E-state index in [9.17, 15) is 4.79 Å². The number of nitrogens with zero attached hydrogens (tertiary/aromatic N) is 1. The average Bonchev–Trinajstić information content (AvgIpc) is 2.97. The number of hydrogen-bond donors (Lipinski definition) is 0. The van der Waals surface area contributed by atoms with Gasteiger partial charge in [0.1, 0.15) is 5.75 Å². The van der Waals surface area contributed by atoms with Gasteiger partial charge in [-0.1, -0.05) is 23.2 Å². The maximum atomic E-state index is 12.3. The molecule has 0 N–H and O–H groups in total. The molecule has 1 amide bonds. The molecule has 23 heavy (non-hydrogen) atoms. The van der Waals surface area contributed by atoms with E-state index in [2.05, 4.69) is 0 Å². The SMILES string of the molecule is O=C1COc2ccc(Cl)cc2N1Cc1cc2c(cc1Cl)OCO2. The Labute approximate surface area is 142 Å². The van der Waals surface area contributed by atoms with Crippen molar-refractivity contribution >= 4 is 34.8 Å². The Morgan fingerprint density at radius 2 is 1.78 bits per heavy atom. The number of carbonyl (C=O) groups excluding carboxylic acids is 1. The van der Waals surface area contributed by atoms with E-state index >= 15 is 0 Å². The van der Waals surface area contributed by atoms with E-state index in [1.165, 1.54) is 0 Å². The Morgan fingerprint density at radius 3 is 2.61 bits per heavy atom. The van der Waals surface area contributed by atoms with E-state index in [1.54, 1.807) is 35.2 Å². The second-order valence-corrected chi connectivity index (χ2v) is 6.02. The molecule has 0 fully saturated rings. The summed E-state index contributed by atoms with van der Waals surface area (Å²) >= 11 is 12.3. The number of hydrogen-bond acceptors (Lipinski definition) is 4.